The number of nitrogens with one attached hydrogen (secondary N) is 1. The minimum Gasteiger partial charge on any atom is -0.468 e. The van der Waals surface area contributed by atoms with Gasteiger partial charge in [0, 0.05) is 29.5 Å². The minimum atomic E-state index is -4.43. The van der Waals surface area contributed by atoms with Crippen LogP contribution in [0.1, 0.15) is 21.8 Å². The van der Waals surface area contributed by atoms with Crippen molar-refractivity contribution in [2.45, 2.75) is 33.0 Å². The van der Waals surface area contributed by atoms with Gasteiger partial charge in [0.1, 0.15) is 5.82 Å². The molecule has 33 heavy (non-hydrogen) atoms. The number of amides is 1. The van der Waals surface area contributed by atoms with E-state index < -0.39 is 12.8 Å². The number of hydrogen-bond donors (Lipinski definition) is 1. The molecule has 0 bridgehead atoms. The average molecular weight is 476 g/mol. The SMILES string of the molecule is Cc1nc(CC(=O)Nc2nccc3nn(Cc4cnc(OCC(F)(F)F)c(C)c4)cc23)cs1. The summed E-state index contributed by atoms with van der Waals surface area (Å²) >= 11 is 1.48. The zero-order chi connectivity index (χ0) is 23.6. The first-order chi connectivity index (χ1) is 15.7. The zero-order valence-electron chi connectivity index (χ0n) is 17.7. The van der Waals surface area contributed by atoms with Gasteiger partial charge in [0.25, 0.3) is 0 Å². The number of halogens is 3. The highest BCUT2D eigenvalue weighted by Gasteiger charge is 2.29. The van der Waals surface area contributed by atoms with Crippen LogP contribution in [0.5, 0.6) is 5.88 Å². The van der Waals surface area contributed by atoms with Crippen molar-refractivity contribution < 1.29 is 22.7 Å². The van der Waals surface area contributed by atoms with Crippen LogP contribution in [-0.2, 0) is 17.8 Å². The number of hydrogen-bond acceptors (Lipinski definition) is 7. The topological polar surface area (TPSA) is 94.8 Å². The molecule has 0 spiro atoms. The van der Waals surface area contributed by atoms with Gasteiger partial charge in [-0.3, -0.25) is 9.48 Å². The maximum atomic E-state index is 12.4. The van der Waals surface area contributed by atoms with Crippen LogP contribution in [0.3, 0.4) is 0 Å². The number of nitrogens with zero attached hydrogens (tertiary/aromatic N) is 5. The van der Waals surface area contributed by atoms with Crippen LogP contribution < -0.4 is 10.1 Å². The number of carbonyl (C=O) groups excluding carboxylic acids is 1. The second-order valence-corrected chi connectivity index (χ2v) is 8.43. The Bertz CT molecular complexity index is 1300. The van der Waals surface area contributed by atoms with Crippen LogP contribution in [0.2, 0.25) is 0 Å². The molecule has 0 aliphatic rings. The molecular weight excluding hydrogens is 457 g/mol. The summed E-state index contributed by atoms with van der Waals surface area (Å²) in [5.74, 6) is 0.0921. The quantitative estimate of drug-likeness (QED) is 0.432. The van der Waals surface area contributed by atoms with Crippen molar-refractivity contribution >= 4 is 34.0 Å². The third kappa shape index (κ3) is 5.83. The van der Waals surface area contributed by atoms with Crippen LogP contribution >= 0.6 is 11.3 Å². The Morgan fingerprint density at radius 3 is 2.79 bits per heavy atom. The van der Waals surface area contributed by atoms with Crippen molar-refractivity contribution in [3.8, 4) is 5.88 Å². The van der Waals surface area contributed by atoms with E-state index in [1.807, 2.05) is 12.3 Å². The monoisotopic (exact) mass is 476 g/mol. The normalized spacial score (nSPS) is 11.7. The van der Waals surface area contributed by atoms with Gasteiger partial charge in [0.2, 0.25) is 11.8 Å². The van der Waals surface area contributed by atoms with Gasteiger partial charge in [-0.15, -0.1) is 11.3 Å². The fourth-order valence-electron chi connectivity index (χ4n) is 3.20. The third-order valence-electron chi connectivity index (χ3n) is 4.55. The summed E-state index contributed by atoms with van der Waals surface area (Å²) in [5.41, 5.74) is 2.56. The molecule has 4 aromatic heterocycles. The number of ether oxygens (including phenoxy) is 1. The van der Waals surface area contributed by atoms with Gasteiger partial charge >= 0.3 is 6.18 Å². The van der Waals surface area contributed by atoms with Crippen molar-refractivity contribution in [1.82, 2.24) is 24.7 Å². The maximum absolute atomic E-state index is 12.4. The zero-order valence-corrected chi connectivity index (χ0v) is 18.5. The number of rotatable bonds is 7. The molecule has 4 heterocycles. The van der Waals surface area contributed by atoms with Gasteiger partial charge in [-0.2, -0.15) is 18.3 Å². The lowest BCUT2D eigenvalue weighted by atomic mass is 10.2. The highest BCUT2D eigenvalue weighted by atomic mass is 32.1. The molecule has 0 fully saturated rings. The van der Waals surface area contributed by atoms with Gasteiger partial charge in [0.05, 0.1) is 34.6 Å². The third-order valence-corrected chi connectivity index (χ3v) is 5.37. The second-order valence-electron chi connectivity index (χ2n) is 7.37. The Labute approximate surface area is 190 Å². The van der Waals surface area contributed by atoms with E-state index in [1.165, 1.54) is 17.5 Å². The summed E-state index contributed by atoms with van der Waals surface area (Å²) in [6.45, 7) is 2.44. The number of fused-ring (bicyclic) bond motifs is 1. The first kappa shape index (κ1) is 22.6. The van der Waals surface area contributed by atoms with E-state index in [-0.39, 0.29) is 18.2 Å². The molecule has 12 heteroatoms. The van der Waals surface area contributed by atoms with E-state index >= 15 is 0 Å². The lowest BCUT2D eigenvalue weighted by Gasteiger charge is -2.11. The number of pyridine rings is 2. The lowest BCUT2D eigenvalue weighted by molar-refractivity contribution is -0.154. The standard InChI is InChI=1S/C21H19F3N6O2S/c1-12-5-14(7-26-20(12)32-11-21(22,23)24)8-30-9-16-17(29-30)3-4-25-19(16)28-18(31)6-15-10-33-13(2)27-15/h3-5,7,9-10H,6,8,11H2,1-2H3,(H,25,28,31). The van der Waals surface area contributed by atoms with Gasteiger partial charge in [-0.05, 0) is 31.5 Å². The predicted octanol–water partition coefficient (Wildman–Crippen LogP) is 4.07. The van der Waals surface area contributed by atoms with Crippen molar-refractivity contribution in [1.29, 1.82) is 0 Å². The van der Waals surface area contributed by atoms with E-state index in [9.17, 15) is 18.0 Å². The van der Waals surface area contributed by atoms with Crippen LogP contribution in [0.25, 0.3) is 10.9 Å². The number of anilines is 1. The molecule has 0 radical (unpaired) electrons. The van der Waals surface area contributed by atoms with Crippen molar-refractivity contribution in [2.24, 2.45) is 0 Å². The number of aromatic nitrogens is 5. The first-order valence-corrected chi connectivity index (χ1v) is 10.7. The van der Waals surface area contributed by atoms with Crippen molar-refractivity contribution in [3.05, 3.63) is 57.9 Å². The molecule has 1 amide bonds. The molecule has 172 valence electrons. The Hall–Kier alpha value is -3.54. The highest BCUT2D eigenvalue weighted by molar-refractivity contribution is 7.09. The summed E-state index contributed by atoms with van der Waals surface area (Å²) in [7, 11) is 0. The molecule has 0 aliphatic carbocycles. The molecule has 0 unspecified atom stereocenters. The first-order valence-electron chi connectivity index (χ1n) is 9.84. The van der Waals surface area contributed by atoms with Gasteiger partial charge in [-0.1, -0.05) is 0 Å². The molecule has 0 aromatic carbocycles. The van der Waals surface area contributed by atoms with Crippen molar-refractivity contribution in [3.63, 3.8) is 0 Å². The predicted molar refractivity (Wildman–Crippen MR) is 116 cm³/mol. The fraction of sp³-hybridized carbons (Fsp3) is 0.286. The molecule has 1 N–H and O–H groups in total. The number of aryl methyl sites for hydroxylation is 2. The molecule has 0 saturated carbocycles. The number of carbonyl (C=O) groups is 1. The minimum absolute atomic E-state index is 0.0637. The lowest BCUT2D eigenvalue weighted by Crippen LogP contribution is -2.20. The van der Waals surface area contributed by atoms with E-state index in [0.717, 1.165) is 10.6 Å². The maximum Gasteiger partial charge on any atom is 0.422 e. The van der Waals surface area contributed by atoms with Crippen LogP contribution in [-0.4, -0.2) is 43.4 Å². The average Bonchev–Trinajstić information content (AvgIpc) is 3.32. The fourth-order valence-corrected chi connectivity index (χ4v) is 3.81. The molecule has 4 rings (SSSR count). The summed E-state index contributed by atoms with van der Waals surface area (Å²) in [4.78, 5) is 25.0. The van der Waals surface area contributed by atoms with Gasteiger partial charge < -0.3 is 10.1 Å². The van der Waals surface area contributed by atoms with E-state index in [2.05, 4.69) is 25.4 Å². The summed E-state index contributed by atoms with van der Waals surface area (Å²) in [5, 5.41) is 10.7. The molecule has 0 saturated heterocycles. The van der Waals surface area contributed by atoms with Gasteiger partial charge in [-0.25, -0.2) is 15.0 Å². The summed E-state index contributed by atoms with van der Waals surface area (Å²) < 4.78 is 43.5. The molecule has 0 atom stereocenters. The highest BCUT2D eigenvalue weighted by Crippen LogP contribution is 2.23. The Balaban J connectivity index is 1.47. The van der Waals surface area contributed by atoms with Crippen molar-refractivity contribution in [2.75, 3.05) is 11.9 Å². The molecule has 0 aliphatic heterocycles. The van der Waals surface area contributed by atoms with Crippen LogP contribution in [0.4, 0.5) is 19.0 Å². The second kappa shape index (κ2) is 9.14. The van der Waals surface area contributed by atoms with E-state index in [0.29, 0.717) is 34.5 Å². The molecule has 8 nitrogen and oxygen atoms in total. The summed E-state index contributed by atoms with van der Waals surface area (Å²) in [6.07, 6.45) is 0.462. The molecule has 4 aromatic rings. The Kier molecular flexibility index (Phi) is 6.27. The Morgan fingerprint density at radius 1 is 1.27 bits per heavy atom. The largest absolute Gasteiger partial charge is 0.468 e. The van der Waals surface area contributed by atoms with E-state index in [1.54, 1.807) is 36.1 Å². The Morgan fingerprint density at radius 2 is 2.09 bits per heavy atom. The smallest absolute Gasteiger partial charge is 0.422 e. The van der Waals surface area contributed by atoms with Gasteiger partial charge in [0.15, 0.2) is 6.61 Å². The molecular formula is C21H19F3N6O2S. The van der Waals surface area contributed by atoms with E-state index in [4.69, 9.17) is 4.74 Å². The number of thiazole rings is 1. The van der Waals surface area contributed by atoms with Crippen LogP contribution in [0, 0.1) is 13.8 Å². The number of alkyl halides is 3. The van der Waals surface area contributed by atoms with Crippen LogP contribution in [0.15, 0.2) is 36.1 Å². The summed E-state index contributed by atoms with van der Waals surface area (Å²) in [6, 6.07) is 3.42.